The molecule has 3 rings (SSSR count). The van der Waals surface area contributed by atoms with Crippen LogP contribution in [0, 0.1) is 13.8 Å². The van der Waals surface area contributed by atoms with Crippen LogP contribution in [0.5, 0.6) is 0 Å². The molecule has 2 aromatic carbocycles. The largest absolute Gasteiger partial charge is 0.421 e. The van der Waals surface area contributed by atoms with Crippen LogP contribution in [-0.4, -0.2) is 14.5 Å². The predicted molar refractivity (Wildman–Crippen MR) is 112 cm³/mol. The zero-order valence-electron chi connectivity index (χ0n) is 17.2. The van der Waals surface area contributed by atoms with Crippen molar-refractivity contribution in [3.63, 3.8) is 0 Å². The van der Waals surface area contributed by atoms with Crippen LogP contribution in [0.1, 0.15) is 42.0 Å². The number of aromatic nitrogens is 2. The second-order valence-electron chi connectivity index (χ2n) is 7.58. The Morgan fingerprint density at radius 2 is 1.62 bits per heavy atom. The van der Waals surface area contributed by atoms with E-state index >= 15 is 0 Å². The van der Waals surface area contributed by atoms with Crippen LogP contribution < -0.4 is 11.2 Å². The lowest BCUT2D eigenvalue weighted by atomic mass is 9.96. The number of hydrogen-bond donors (Lipinski definition) is 1. The minimum absolute atomic E-state index is 0.0867. The molecule has 152 valence electrons. The smallest absolute Gasteiger partial charge is 0.366 e. The minimum Gasteiger partial charge on any atom is -0.421 e. The van der Waals surface area contributed by atoms with E-state index in [4.69, 9.17) is 4.74 Å². The van der Waals surface area contributed by atoms with E-state index in [-0.39, 0.29) is 17.4 Å². The number of ether oxygens (including phenoxy) is 1. The van der Waals surface area contributed by atoms with Gasteiger partial charge in [-0.15, -0.1) is 0 Å². The Hall–Kier alpha value is -3.12. The van der Waals surface area contributed by atoms with Crippen LogP contribution >= 0.6 is 0 Å². The lowest BCUT2D eigenvalue weighted by Gasteiger charge is -2.20. The van der Waals surface area contributed by atoms with E-state index in [1.807, 2.05) is 76.2 Å². The molecule has 0 radical (unpaired) electrons. The first-order valence-corrected chi connectivity index (χ1v) is 9.59. The first-order chi connectivity index (χ1) is 13.8. The third-order valence-corrected chi connectivity index (χ3v) is 4.76. The lowest BCUT2D eigenvalue weighted by Crippen LogP contribution is -2.42. The average molecular weight is 394 g/mol. The van der Waals surface area contributed by atoms with E-state index in [1.54, 1.807) is 0 Å². The lowest BCUT2D eigenvalue weighted by molar-refractivity contribution is 0.0531. The fraction of sp³-hybridized carbons (Fsp3) is 0.304. The molecule has 0 aliphatic carbocycles. The Balaban J connectivity index is 2.15. The quantitative estimate of drug-likeness (QED) is 0.645. The van der Waals surface area contributed by atoms with Crippen molar-refractivity contribution < 1.29 is 9.94 Å². The molecule has 1 N–H and O–H groups in total. The van der Waals surface area contributed by atoms with Crippen molar-refractivity contribution in [3.05, 3.63) is 91.6 Å². The van der Waals surface area contributed by atoms with Gasteiger partial charge in [0.1, 0.15) is 6.73 Å². The molecule has 6 nitrogen and oxygen atoms in total. The van der Waals surface area contributed by atoms with Crippen LogP contribution in [0.4, 0.5) is 0 Å². The Labute approximate surface area is 169 Å². The second-order valence-corrected chi connectivity index (χ2v) is 7.58. The van der Waals surface area contributed by atoms with Crippen LogP contribution in [0.25, 0.3) is 11.3 Å². The molecule has 0 spiro atoms. The first-order valence-electron chi connectivity index (χ1n) is 9.59. The zero-order valence-corrected chi connectivity index (χ0v) is 17.2. The van der Waals surface area contributed by atoms with Gasteiger partial charge in [0.25, 0.3) is 5.56 Å². The van der Waals surface area contributed by atoms with Gasteiger partial charge in [-0.25, -0.2) is 4.79 Å². The molecule has 0 aliphatic rings. The third-order valence-electron chi connectivity index (χ3n) is 4.76. The third kappa shape index (κ3) is 4.32. The Morgan fingerprint density at radius 3 is 2.21 bits per heavy atom. The number of benzene rings is 2. The summed E-state index contributed by atoms with van der Waals surface area (Å²) in [6.07, 6.45) is 0. The van der Waals surface area contributed by atoms with E-state index in [2.05, 4.69) is 0 Å². The maximum atomic E-state index is 12.8. The van der Waals surface area contributed by atoms with E-state index in [0.717, 1.165) is 22.3 Å². The zero-order chi connectivity index (χ0) is 21.1. The Morgan fingerprint density at radius 1 is 1.00 bits per heavy atom. The van der Waals surface area contributed by atoms with Crippen molar-refractivity contribution in [2.75, 3.05) is 0 Å². The van der Waals surface area contributed by atoms with Crippen molar-refractivity contribution in [2.45, 2.75) is 47.0 Å². The molecule has 1 heterocycles. The maximum absolute atomic E-state index is 12.8. The summed E-state index contributed by atoms with van der Waals surface area (Å²) in [7, 11) is 0. The number of rotatable bonds is 6. The molecular weight excluding hydrogens is 368 g/mol. The Bertz CT molecular complexity index is 1110. The van der Waals surface area contributed by atoms with Gasteiger partial charge in [-0.2, -0.15) is 0 Å². The van der Waals surface area contributed by atoms with Crippen LogP contribution in [0.3, 0.4) is 0 Å². The number of hydrogen-bond acceptors (Lipinski definition) is 4. The molecule has 0 amide bonds. The highest BCUT2D eigenvalue weighted by Gasteiger charge is 2.22. The molecule has 1 aromatic heterocycles. The SMILES string of the molecule is Cc1cc(C)cc(-c2c(C(C)C)c(=O)n(O)c(=O)n2COCc2ccccc2)c1. The fourth-order valence-corrected chi connectivity index (χ4v) is 3.55. The monoisotopic (exact) mass is 394 g/mol. The molecule has 0 bridgehead atoms. The van der Waals surface area contributed by atoms with E-state index in [9.17, 15) is 14.8 Å². The van der Waals surface area contributed by atoms with Gasteiger partial charge in [-0.3, -0.25) is 9.36 Å². The molecule has 29 heavy (non-hydrogen) atoms. The summed E-state index contributed by atoms with van der Waals surface area (Å²) in [4.78, 5) is 25.5. The van der Waals surface area contributed by atoms with Crippen molar-refractivity contribution >= 4 is 0 Å². The summed E-state index contributed by atoms with van der Waals surface area (Å²) in [5.41, 5.74) is 3.11. The summed E-state index contributed by atoms with van der Waals surface area (Å²) in [6.45, 7) is 7.88. The molecule has 0 aliphatic heterocycles. The van der Waals surface area contributed by atoms with Gasteiger partial charge < -0.3 is 9.94 Å². The topological polar surface area (TPSA) is 73.5 Å². The predicted octanol–water partition coefficient (Wildman–Crippen LogP) is 3.83. The van der Waals surface area contributed by atoms with Gasteiger partial charge >= 0.3 is 5.69 Å². The van der Waals surface area contributed by atoms with Gasteiger partial charge in [-0.05, 0) is 43.0 Å². The maximum Gasteiger partial charge on any atom is 0.366 e. The normalized spacial score (nSPS) is 11.2. The standard InChI is InChI=1S/C23H26N2O4/c1-15(2)20-21(19-11-16(3)10-17(4)12-19)24(23(27)25(28)22(20)26)14-29-13-18-8-6-5-7-9-18/h5-12,15,28H,13-14H2,1-4H3. The van der Waals surface area contributed by atoms with Gasteiger partial charge in [0.2, 0.25) is 0 Å². The summed E-state index contributed by atoms with van der Waals surface area (Å²) in [5, 5.41) is 10.1. The van der Waals surface area contributed by atoms with Crippen molar-refractivity contribution in [1.29, 1.82) is 0 Å². The minimum atomic E-state index is -0.818. The van der Waals surface area contributed by atoms with Crippen LogP contribution in [-0.2, 0) is 18.1 Å². The van der Waals surface area contributed by atoms with Crippen molar-refractivity contribution in [2.24, 2.45) is 0 Å². The van der Waals surface area contributed by atoms with Gasteiger partial charge in [0, 0.05) is 5.56 Å². The second kappa shape index (κ2) is 8.49. The molecule has 3 aromatic rings. The summed E-state index contributed by atoms with van der Waals surface area (Å²) in [6, 6.07) is 15.5. The molecule has 0 fully saturated rings. The van der Waals surface area contributed by atoms with E-state index in [1.165, 1.54) is 4.57 Å². The fourth-order valence-electron chi connectivity index (χ4n) is 3.55. The Kier molecular flexibility index (Phi) is 6.03. The summed E-state index contributed by atoms with van der Waals surface area (Å²) >= 11 is 0. The molecule has 0 unspecified atom stereocenters. The first kappa shape index (κ1) is 20.6. The molecule has 0 saturated carbocycles. The highest BCUT2D eigenvalue weighted by Crippen LogP contribution is 2.27. The summed E-state index contributed by atoms with van der Waals surface area (Å²) < 4.78 is 7.28. The molecule has 0 atom stereocenters. The van der Waals surface area contributed by atoms with Crippen molar-refractivity contribution in [3.8, 4) is 11.3 Å². The highest BCUT2D eigenvalue weighted by molar-refractivity contribution is 5.65. The number of nitrogens with zero attached hydrogens (tertiary/aromatic N) is 2. The van der Waals surface area contributed by atoms with E-state index < -0.39 is 11.2 Å². The van der Waals surface area contributed by atoms with Crippen molar-refractivity contribution in [1.82, 2.24) is 9.30 Å². The number of aryl methyl sites for hydroxylation is 2. The highest BCUT2D eigenvalue weighted by atomic mass is 16.5. The van der Waals surface area contributed by atoms with Gasteiger partial charge in [0.15, 0.2) is 0 Å². The van der Waals surface area contributed by atoms with Gasteiger partial charge in [-0.1, -0.05) is 66.1 Å². The molecular formula is C23H26N2O4. The van der Waals surface area contributed by atoms with Gasteiger partial charge in [0.05, 0.1) is 12.3 Å². The van der Waals surface area contributed by atoms with E-state index in [0.29, 0.717) is 17.9 Å². The van der Waals surface area contributed by atoms with Crippen LogP contribution in [0.15, 0.2) is 58.1 Å². The summed E-state index contributed by atoms with van der Waals surface area (Å²) in [5.74, 6) is -0.197. The molecule has 0 saturated heterocycles. The average Bonchev–Trinajstić information content (AvgIpc) is 2.67. The molecule has 6 heteroatoms. The van der Waals surface area contributed by atoms with Crippen LogP contribution in [0.2, 0.25) is 0 Å².